The molecule has 1 aliphatic carbocycles. The maximum atomic E-state index is 13.2. The zero-order valence-corrected chi connectivity index (χ0v) is 17.4. The van der Waals surface area contributed by atoms with Crippen LogP contribution in [0.25, 0.3) is 0 Å². The van der Waals surface area contributed by atoms with Gasteiger partial charge in [-0.05, 0) is 49.6 Å². The van der Waals surface area contributed by atoms with E-state index >= 15 is 0 Å². The number of benzene rings is 1. The van der Waals surface area contributed by atoms with E-state index in [0.29, 0.717) is 6.54 Å². The minimum absolute atomic E-state index is 0. The minimum atomic E-state index is -0.184. The summed E-state index contributed by atoms with van der Waals surface area (Å²) in [6.45, 7) is 4.20. The number of guanidine groups is 1. The number of nitrogens with one attached hydrogen (secondary N) is 2. The highest BCUT2D eigenvalue weighted by atomic mass is 127. The van der Waals surface area contributed by atoms with Crippen LogP contribution in [-0.2, 0) is 12.0 Å². The number of hydrogen-bond donors (Lipinski definition) is 2. The zero-order valence-electron chi connectivity index (χ0n) is 15.0. The lowest BCUT2D eigenvalue weighted by molar-refractivity contribution is 0.243. The van der Waals surface area contributed by atoms with Gasteiger partial charge in [-0.15, -0.1) is 24.0 Å². The number of rotatable bonds is 6. The molecule has 0 atom stereocenters. The monoisotopic (exact) mass is 468 g/mol. The van der Waals surface area contributed by atoms with Crippen molar-refractivity contribution in [2.75, 3.05) is 13.1 Å². The van der Waals surface area contributed by atoms with Gasteiger partial charge in [-0.25, -0.2) is 9.38 Å². The highest BCUT2D eigenvalue weighted by Gasteiger charge is 2.38. The van der Waals surface area contributed by atoms with Crippen molar-refractivity contribution >= 4 is 29.9 Å². The lowest BCUT2D eigenvalue weighted by atomic mass is 9.64. The molecule has 1 aromatic carbocycles. The molecular weight excluding hydrogens is 442 g/mol. The summed E-state index contributed by atoms with van der Waals surface area (Å²) in [4.78, 5) is 8.93. The van der Waals surface area contributed by atoms with Gasteiger partial charge in [-0.1, -0.05) is 24.6 Å². The lowest BCUT2D eigenvalue weighted by Gasteiger charge is -2.43. The summed E-state index contributed by atoms with van der Waals surface area (Å²) in [7, 11) is 0. The quantitative estimate of drug-likeness (QED) is 0.383. The molecule has 1 aromatic heterocycles. The molecule has 0 amide bonds. The van der Waals surface area contributed by atoms with Crippen LogP contribution in [0.15, 0.2) is 53.7 Å². The standard InChI is InChI=1S/C20H25FN4.HI/c1-2-22-19(24-14-18-6-3-4-13-23-18)25-15-20(11-5-12-20)16-7-9-17(21)10-8-16;/h3-4,6-10,13H,2,5,11-12,14-15H2,1H3,(H2,22,24,25);1H. The highest BCUT2D eigenvalue weighted by molar-refractivity contribution is 14.0. The number of aromatic nitrogens is 1. The third-order valence-electron chi connectivity index (χ3n) is 4.83. The lowest BCUT2D eigenvalue weighted by Crippen LogP contribution is -2.48. The van der Waals surface area contributed by atoms with E-state index in [4.69, 9.17) is 0 Å². The average Bonchev–Trinajstić information content (AvgIpc) is 2.61. The van der Waals surface area contributed by atoms with Crippen LogP contribution in [0.5, 0.6) is 0 Å². The summed E-state index contributed by atoms with van der Waals surface area (Å²) in [5.41, 5.74) is 2.22. The molecule has 26 heavy (non-hydrogen) atoms. The number of nitrogens with zero attached hydrogens (tertiary/aromatic N) is 2. The van der Waals surface area contributed by atoms with E-state index in [-0.39, 0.29) is 35.2 Å². The molecule has 3 rings (SSSR count). The van der Waals surface area contributed by atoms with Crippen LogP contribution < -0.4 is 10.6 Å². The molecule has 6 heteroatoms. The predicted octanol–water partition coefficient (Wildman–Crippen LogP) is 4.02. The van der Waals surface area contributed by atoms with Gasteiger partial charge in [0.2, 0.25) is 0 Å². The molecule has 1 heterocycles. The molecule has 1 fully saturated rings. The van der Waals surface area contributed by atoms with Crippen molar-refractivity contribution in [2.45, 2.75) is 38.1 Å². The highest BCUT2D eigenvalue weighted by Crippen LogP contribution is 2.43. The first kappa shape index (κ1) is 20.6. The van der Waals surface area contributed by atoms with E-state index in [1.54, 1.807) is 18.3 Å². The van der Waals surface area contributed by atoms with Gasteiger partial charge >= 0.3 is 0 Å². The first-order valence-electron chi connectivity index (χ1n) is 8.90. The predicted molar refractivity (Wildman–Crippen MR) is 114 cm³/mol. The first-order valence-corrected chi connectivity index (χ1v) is 8.90. The van der Waals surface area contributed by atoms with E-state index in [2.05, 4.69) is 27.5 Å². The second-order valence-corrected chi connectivity index (χ2v) is 6.51. The summed E-state index contributed by atoms with van der Waals surface area (Å²) in [5, 5.41) is 6.75. The maximum absolute atomic E-state index is 13.2. The molecule has 2 N–H and O–H groups in total. The van der Waals surface area contributed by atoms with Gasteiger partial charge in [-0.2, -0.15) is 0 Å². The van der Waals surface area contributed by atoms with Gasteiger partial charge in [0.1, 0.15) is 5.82 Å². The van der Waals surface area contributed by atoms with Gasteiger partial charge in [-0.3, -0.25) is 4.98 Å². The van der Waals surface area contributed by atoms with Crippen molar-refractivity contribution in [2.24, 2.45) is 4.99 Å². The third kappa shape index (κ3) is 5.16. The fraction of sp³-hybridized carbons (Fsp3) is 0.400. The Hall–Kier alpha value is -1.70. The number of hydrogen-bond acceptors (Lipinski definition) is 2. The maximum Gasteiger partial charge on any atom is 0.191 e. The second-order valence-electron chi connectivity index (χ2n) is 6.51. The Morgan fingerprint density at radius 1 is 1.15 bits per heavy atom. The minimum Gasteiger partial charge on any atom is -0.357 e. The smallest absolute Gasteiger partial charge is 0.191 e. The van der Waals surface area contributed by atoms with Crippen LogP contribution in [0.1, 0.15) is 37.4 Å². The van der Waals surface area contributed by atoms with Gasteiger partial charge in [0, 0.05) is 24.7 Å². The fourth-order valence-electron chi connectivity index (χ4n) is 3.22. The summed E-state index contributed by atoms with van der Waals surface area (Å²) in [5.74, 6) is 0.609. The van der Waals surface area contributed by atoms with Crippen LogP contribution in [0.4, 0.5) is 4.39 Å². The van der Waals surface area contributed by atoms with E-state index < -0.39 is 0 Å². The molecule has 2 aromatic rings. The van der Waals surface area contributed by atoms with E-state index in [1.807, 2.05) is 30.3 Å². The van der Waals surface area contributed by atoms with Crippen LogP contribution in [0.3, 0.4) is 0 Å². The normalized spacial score (nSPS) is 15.5. The largest absolute Gasteiger partial charge is 0.357 e. The Balaban J connectivity index is 0.00000243. The summed E-state index contributed by atoms with van der Waals surface area (Å²) in [6.07, 6.45) is 5.22. The molecule has 0 bridgehead atoms. The molecule has 0 spiro atoms. The van der Waals surface area contributed by atoms with Crippen LogP contribution in [-0.4, -0.2) is 24.0 Å². The molecular formula is C20H26FIN4. The fourth-order valence-corrected chi connectivity index (χ4v) is 3.22. The van der Waals surface area contributed by atoms with Crippen LogP contribution in [0, 0.1) is 5.82 Å². The summed E-state index contributed by atoms with van der Waals surface area (Å²) in [6, 6.07) is 12.8. The molecule has 0 radical (unpaired) electrons. The van der Waals surface area contributed by atoms with Gasteiger partial charge < -0.3 is 10.6 Å². The Morgan fingerprint density at radius 3 is 2.50 bits per heavy atom. The first-order chi connectivity index (χ1) is 12.2. The van der Waals surface area contributed by atoms with Crippen molar-refractivity contribution in [3.63, 3.8) is 0 Å². The molecule has 1 aliphatic rings. The second kappa shape index (κ2) is 9.85. The Morgan fingerprint density at radius 2 is 1.92 bits per heavy atom. The average molecular weight is 468 g/mol. The van der Waals surface area contributed by atoms with Crippen LogP contribution >= 0.6 is 24.0 Å². The topological polar surface area (TPSA) is 49.3 Å². The Labute approximate surface area is 171 Å². The van der Waals surface area contributed by atoms with Crippen molar-refractivity contribution < 1.29 is 4.39 Å². The molecule has 0 saturated heterocycles. The van der Waals surface area contributed by atoms with Crippen molar-refractivity contribution in [1.29, 1.82) is 0 Å². The zero-order chi connectivity index (χ0) is 17.5. The Bertz CT molecular complexity index is 700. The Kier molecular flexibility index (Phi) is 7.81. The van der Waals surface area contributed by atoms with Crippen molar-refractivity contribution in [3.8, 4) is 0 Å². The van der Waals surface area contributed by atoms with E-state index in [1.165, 1.54) is 12.0 Å². The summed E-state index contributed by atoms with van der Waals surface area (Å²) >= 11 is 0. The number of pyridine rings is 1. The molecule has 4 nitrogen and oxygen atoms in total. The SMILES string of the molecule is CCNC(=NCc1ccccn1)NCC1(c2ccc(F)cc2)CCC1.I. The van der Waals surface area contributed by atoms with Crippen molar-refractivity contribution in [1.82, 2.24) is 15.6 Å². The van der Waals surface area contributed by atoms with Crippen LogP contribution in [0.2, 0.25) is 0 Å². The molecule has 0 unspecified atom stereocenters. The van der Waals surface area contributed by atoms with Gasteiger partial charge in [0.05, 0.1) is 12.2 Å². The number of halogens is 2. The molecule has 1 saturated carbocycles. The van der Waals surface area contributed by atoms with Crippen molar-refractivity contribution in [3.05, 3.63) is 65.7 Å². The third-order valence-corrected chi connectivity index (χ3v) is 4.83. The van der Waals surface area contributed by atoms with E-state index in [9.17, 15) is 4.39 Å². The van der Waals surface area contributed by atoms with Gasteiger partial charge in [0.15, 0.2) is 5.96 Å². The number of aliphatic imine (C=N–C) groups is 1. The summed E-state index contributed by atoms with van der Waals surface area (Å²) < 4.78 is 13.2. The van der Waals surface area contributed by atoms with E-state index in [0.717, 1.165) is 37.6 Å². The van der Waals surface area contributed by atoms with Gasteiger partial charge in [0.25, 0.3) is 0 Å². The molecule has 0 aliphatic heterocycles. The molecule has 140 valence electrons.